The van der Waals surface area contributed by atoms with Gasteiger partial charge in [-0.3, -0.25) is 0 Å². The Labute approximate surface area is 107 Å². The number of benzene rings is 1. The predicted molar refractivity (Wildman–Crippen MR) is 72.3 cm³/mol. The van der Waals surface area contributed by atoms with E-state index in [4.69, 9.17) is 4.74 Å². The largest absolute Gasteiger partial charge is 0.496 e. The predicted octanol–water partition coefficient (Wildman–Crippen LogP) is 3.34. The molecular formula is C13H20BrNO. The Hall–Kier alpha value is -0.540. The van der Waals surface area contributed by atoms with Gasteiger partial charge in [-0.1, -0.05) is 19.9 Å². The maximum Gasteiger partial charge on any atom is 0.133 e. The van der Waals surface area contributed by atoms with Crippen LogP contribution in [0.25, 0.3) is 0 Å². The molecule has 3 heteroatoms. The first-order chi connectivity index (χ1) is 7.51. The number of halogens is 1. The number of rotatable bonds is 5. The average Bonchev–Trinajstić information content (AvgIpc) is 2.26. The van der Waals surface area contributed by atoms with Gasteiger partial charge in [0.2, 0.25) is 0 Å². The van der Waals surface area contributed by atoms with E-state index in [2.05, 4.69) is 47.2 Å². The van der Waals surface area contributed by atoms with Crippen LogP contribution in [0.1, 0.15) is 25.8 Å². The Morgan fingerprint density at radius 1 is 1.38 bits per heavy atom. The van der Waals surface area contributed by atoms with Crippen LogP contribution >= 0.6 is 15.9 Å². The lowest BCUT2D eigenvalue weighted by molar-refractivity contribution is 0.410. The molecule has 0 spiro atoms. The third-order valence-electron chi connectivity index (χ3n) is 2.93. The summed E-state index contributed by atoms with van der Waals surface area (Å²) in [5, 5.41) is 3.19. The Morgan fingerprint density at radius 2 is 2.06 bits per heavy atom. The number of nitrogens with one attached hydrogen (secondary N) is 1. The van der Waals surface area contributed by atoms with E-state index in [1.165, 1.54) is 5.56 Å². The molecule has 0 unspecified atom stereocenters. The fourth-order valence-corrected chi connectivity index (χ4v) is 2.21. The van der Waals surface area contributed by atoms with Gasteiger partial charge in [0.25, 0.3) is 0 Å². The molecule has 16 heavy (non-hydrogen) atoms. The minimum atomic E-state index is 0.178. The Morgan fingerprint density at radius 3 is 2.56 bits per heavy atom. The van der Waals surface area contributed by atoms with Gasteiger partial charge in [0.1, 0.15) is 5.75 Å². The fraction of sp³-hybridized carbons (Fsp3) is 0.538. The van der Waals surface area contributed by atoms with E-state index in [1.54, 1.807) is 7.11 Å². The molecule has 0 aliphatic carbocycles. The molecule has 0 aliphatic rings. The lowest BCUT2D eigenvalue weighted by Gasteiger charge is -2.25. The van der Waals surface area contributed by atoms with Gasteiger partial charge in [-0.05, 0) is 59.1 Å². The fourth-order valence-electron chi connectivity index (χ4n) is 1.67. The number of ether oxygens (including phenoxy) is 1. The number of hydrogen-bond donors (Lipinski definition) is 1. The summed E-state index contributed by atoms with van der Waals surface area (Å²) in [7, 11) is 3.67. The molecule has 0 radical (unpaired) electrons. The number of methoxy groups -OCH3 is 1. The van der Waals surface area contributed by atoms with E-state index in [1.807, 2.05) is 13.1 Å². The van der Waals surface area contributed by atoms with Crippen molar-refractivity contribution in [3.63, 3.8) is 0 Å². The molecule has 0 aromatic heterocycles. The van der Waals surface area contributed by atoms with E-state index in [0.29, 0.717) is 0 Å². The zero-order chi connectivity index (χ0) is 12.2. The molecule has 90 valence electrons. The standard InChI is InChI=1S/C13H20BrNO/c1-13(2,7-8-15-3)10-5-6-12(16-4)11(14)9-10/h5-6,9,15H,7-8H2,1-4H3. The highest BCUT2D eigenvalue weighted by Gasteiger charge is 2.20. The first kappa shape index (κ1) is 13.5. The van der Waals surface area contributed by atoms with Gasteiger partial charge in [-0.15, -0.1) is 0 Å². The highest BCUT2D eigenvalue weighted by atomic mass is 79.9. The molecule has 1 N–H and O–H groups in total. The van der Waals surface area contributed by atoms with Crippen molar-refractivity contribution in [1.82, 2.24) is 5.32 Å². The van der Waals surface area contributed by atoms with Crippen LogP contribution in [0.4, 0.5) is 0 Å². The van der Waals surface area contributed by atoms with Crippen LogP contribution < -0.4 is 10.1 Å². The second-order valence-electron chi connectivity index (χ2n) is 4.59. The van der Waals surface area contributed by atoms with E-state index < -0.39 is 0 Å². The molecule has 1 aromatic rings. The molecular weight excluding hydrogens is 266 g/mol. The molecule has 0 saturated heterocycles. The summed E-state index contributed by atoms with van der Waals surface area (Å²) >= 11 is 3.53. The van der Waals surface area contributed by atoms with Crippen LogP contribution in [0.5, 0.6) is 5.75 Å². The maximum atomic E-state index is 5.23. The average molecular weight is 286 g/mol. The third kappa shape index (κ3) is 3.22. The van der Waals surface area contributed by atoms with Crippen molar-refractivity contribution in [1.29, 1.82) is 0 Å². The van der Waals surface area contributed by atoms with Gasteiger partial charge in [0, 0.05) is 0 Å². The maximum absolute atomic E-state index is 5.23. The van der Waals surface area contributed by atoms with Crippen LogP contribution in [-0.2, 0) is 5.41 Å². The SMILES string of the molecule is CNCCC(C)(C)c1ccc(OC)c(Br)c1. The smallest absolute Gasteiger partial charge is 0.133 e. The molecule has 0 atom stereocenters. The van der Waals surface area contributed by atoms with Gasteiger partial charge >= 0.3 is 0 Å². The summed E-state index contributed by atoms with van der Waals surface area (Å²) in [4.78, 5) is 0. The third-order valence-corrected chi connectivity index (χ3v) is 3.55. The molecule has 2 nitrogen and oxygen atoms in total. The normalized spacial score (nSPS) is 11.6. The van der Waals surface area contributed by atoms with Gasteiger partial charge < -0.3 is 10.1 Å². The van der Waals surface area contributed by atoms with E-state index in [-0.39, 0.29) is 5.41 Å². The van der Waals surface area contributed by atoms with Gasteiger partial charge in [0.15, 0.2) is 0 Å². The van der Waals surface area contributed by atoms with E-state index in [9.17, 15) is 0 Å². The molecule has 0 bridgehead atoms. The monoisotopic (exact) mass is 285 g/mol. The summed E-state index contributed by atoms with van der Waals surface area (Å²) in [6.07, 6.45) is 1.11. The van der Waals surface area contributed by atoms with Gasteiger partial charge in [0.05, 0.1) is 11.6 Å². The molecule has 0 saturated carbocycles. The Balaban J connectivity index is 2.91. The van der Waals surface area contributed by atoms with Gasteiger partial charge in [-0.25, -0.2) is 0 Å². The van der Waals surface area contributed by atoms with Crippen molar-refractivity contribution >= 4 is 15.9 Å². The summed E-state index contributed by atoms with van der Waals surface area (Å²) in [6, 6.07) is 6.30. The second-order valence-corrected chi connectivity index (χ2v) is 5.44. The van der Waals surface area contributed by atoms with Gasteiger partial charge in [-0.2, -0.15) is 0 Å². The van der Waals surface area contributed by atoms with Crippen molar-refractivity contribution in [2.24, 2.45) is 0 Å². The summed E-state index contributed by atoms with van der Waals surface area (Å²) in [6.45, 7) is 5.55. The first-order valence-corrected chi connectivity index (χ1v) is 6.29. The highest BCUT2D eigenvalue weighted by molar-refractivity contribution is 9.10. The topological polar surface area (TPSA) is 21.3 Å². The lowest BCUT2D eigenvalue weighted by atomic mass is 9.81. The highest BCUT2D eigenvalue weighted by Crippen LogP contribution is 2.33. The molecule has 0 fully saturated rings. The first-order valence-electron chi connectivity index (χ1n) is 5.50. The van der Waals surface area contributed by atoms with E-state index >= 15 is 0 Å². The van der Waals surface area contributed by atoms with Crippen LogP contribution in [0, 0.1) is 0 Å². The molecule has 1 aromatic carbocycles. The van der Waals surface area contributed by atoms with Crippen molar-refractivity contribution in [3.8, 4) is 5.75 Å². The molecule has 1 rings (SSSR count). The summed E-state index contributed by atoms with van der Waals surface area (Å²) in [5.41, 5.74) is 1.51. The number of hydrogen-bond acceptors (Lipinski definition) is 2. The summed E-state index contributed by atoms with van der Waals surface area (Å²) in [5.74, 6) is 0.883. The van der Waals surface area contributed by atoms with Crippen molar-refractivity contribution in [2.75, 3.05) is 20.7 Å². The zero-order valence-corrected chi connectivity index (χ0v) is 12.0. The van der Waals surface area contributed by atoms with Crippen LogP contribution in [0.3, 0.4) is 0 Å². The summed E-state index contributed by atoms with van der Waals surface area (Å²) < 4.78 is 6.25. The lowest BCUT2D eigenvalue weighted by Crippen LogP contribution is -2.23. The molecule has 0 aliphatic heterocycles. The van der Waals surface area contributed by atoms with Crippen LogP contribution in [0.15, 0.2) is 22.7 Å². The Bertz CT molecular complexity index is 350. The van der Waals surface area contributed by atoms with Crippen LogP contribution in [0.2, 0.25) is 0 Å². The second kappa shape index (κ2) is 5.69. The van der Waals surface area contributed by atoms with E-state index in [0.717, 1.165) is 23.2 Å². The Kier molecular flexibility index (Phi) is 4.81. The van der Waals surface area contributed by atoms with Crippen LogP contribution in [-0.4, -0.2) is 20.7 Å². The van der Waals surface area contributed by atoms with Crippen molar-refractivity contribution < 1.29 is 4.74 Å². The quantitative estimate of drug-likeness (QED) is 0.896. The van der Waals surface area contributed by atoms with Crippen molar-refractivity contribution in [3.05, 3.63) is 28.2 Å². The minimum absolute atomic E-state index is 0.178. The molecule has 0 amide bonds. The van der Waals surface area contributed by atoms with Crippen molar-refractivity contribution in [2.45, 2.75) is 25.7 Å². The minimum Gasteiger partial charge on any atom is -0.496 e. The zero-order valence-electron chi connectivity index (χ0n) is 10.4. The molecule has 0 heterocycles.